The summed E-state index contributed by atoms with van der Waals surface area (Å²) < 4.78 is 5.77. The Morgan fingerprint density at radius 1 is 1.14 bits per heavy atom. The molecule has 4 amide bonds. The molecule has 8 heteroatoms. The van der Waals surface area contributed by atoms with Crippen LogP contribution in [0.2, 0.25) is 0 Å². The number of likely N-dealkylation sites (tertiary alicyclic amines) is 1. The summed E-state index contributed by atoms with van der Waals surface area (Å²) in [5, 5.41) is 2.29. The third kappa shape index (κ3) is 3.46. The van der Waals surface area contributed by atoms with Crippen molar-refractivity contribution >= 4 is 23.6 Å². The Balaban J connectivity index is 1.46. The highest BCUT2D eigenvalue weighted by molar-refractivity contribution is 6.05. The molecular formula is C20H23N3O5. The molecular weight excluding hydrogens is 362 g/mol. The van der Waals surface area contributed by atoms with Crippen LogP contribution in [0.15, 0.2) is 18.2 Å². The monoisotopic (exact) mass is 385 g/mol. The number of carbonyl (C=O) groups excluding carboxylic acids is 4. The number of rotatable bonds is 4. The summed E-state index contributed by atoms with van der Waals surface area (Å²) in [6, 6.07) is 4.48. The first-order chi connectivity index (χ1) is 13.5. The zero-order chi connectivity index (χ0) is 19.7. The number of nitrogens with zero attached hydrogens (tertiary/aromatic N) is 2. The van der Waals surface area contributed by atoms with Crippen molar-refractivity contribution < 1.29 is 23.9 Å². The van der Waals surface area contributed by atoms with Gasteiger partial charge in [-0.25, -0.2) is 0 Å². The summed E-state index contributed by atoms with van der Waals surface area (Å²) in [4.78, 5) is 52.0. The topological polar surface area (TPSA) is 96.0 Å². The Kier molecular flexibility index (Phi) is 5.02. The van der Waals surface area contributed by atoms with Gasteiger partial charge in [-0.3, -0.25) is 24.5 Å². The van der Waals surface area contributed by atoms with Crippen LogP contribution < -0.4 is 10.1 Å². The Hall–Kier alpha value is -2.90. The number of ether oxygens (including phenoxy) is 1. The minimum absolute atomic E-state index is 0.0522. The highest BCUT2D eigenvalue weighted by Crippen LogP contribution is 2.33. The summed E-state index contributed by atoms with van der Waals surface area (Å²) in [7, 11) is 0. The third-order valence-corrected chi connectivity index (χ3v) is 5.60. The van der Waals surface area contributed by atoms with E-state index in [2.05, 4.69) is 5.32 Å². The largest absolute Gasteiger partial charge is 0.483 e. The lowest BCUT2D eigenvalue weighted by Crippen LogP contribution is -2.52. The molecule has 1 aromatic rings. The molecule has 2 fully saturated rings. The predicted molar refractivity (Wildman–Crippen MR) is 98.4 cm³/mol. The first-order valence-electron chi connectivity index (χ1n) is 9.71. The number of piperidine rings is 2. The maximum absolute atomic E-state index is 12.8. The highest BCUT2D eigenvalue weighted by Gasteiger charge is 2.40. The molecule has 28 heavy (non-hydrogen) atoms. The molecule has 3 aliphatic heterocycles. The van der Waals surface area contributed by atoms with Crippen LogP contribution in [-0.2, 0) is 20.9 Å². The smallest absolute Gasteiger partial charge is 0.260 e. The fourth-order valence-corrected chi connectivity index (χ4v) is 4.07. The molecule has 1 unspecified atom stereocenters. The lowest BCUT2D eigenvalue weighted by molar-refractivity contribution is -0.137. The van der Waals surface area contributed by atoms with Crippen molar-refractivity contribution in [2.45, 2.75) is 44.7 Å². The van der Waals surface area contributed by atoms with E-state index in [0.717, 1.165) is 32.4 Å². The van der Waals surface area contributed by atoms with Crippen molar-refractivity contribution in [2.24, 2.45) is 0 Å². The van der Waals surface area contributed by atoms with E-state index < -0.39 is 11.9 Å². The predicted octanol–water partition coefficient (Wildman–Crippen LogP) is 0.839. The summed E-state index contributed by atoms with van der Waals surface area (Å²) in [6.45, 7) is 1.69. The summed E-state index contributed by atoms with van der Waals surface area (Å²) in [5.74, 6) is -0.572. The van der Waals surface area contributed by atoms with E-state index in [1.165, 1.54) is 4.90 Å². The molecule has 0 aromatic heterocycles. The normalized spacial score (nSPS) is 22.1. The van der Waals surface area contributed by atoms with Gasteiger partial charge in [0.05, 0.1) is 6.54 Å². The zero-order valence-electron chi connectivity index (χ0n) is 15.6. The van der Waals surface area contributed by atoms with Crippen LogP contribution in [0.5, 0.6) is 5.75 Å². The van der Waals surface area contributed by atoms with Crippen molar-refractivity contribution in [3.05, 3.63) is 29.3 Å². The highest BCUT2D eigenvalue weighted by atomic mass is 16.5. The lowest BCUT2D eigenvalue weighted by atomic mass is 10.0. The van der Waals surface area contributed by atoms with Crippen molar-refractivity contribution in [3.63, 3.8) is 0 Å². The number of amides is 4. The van der Waals surface area contributed by atoms with Crippen LogP contribution in [0.1, 0.15) is 48.0 Å². The Morgan fingerprint density at radius 3 is 2.68 bits per heavy atom. The van der Waals surface area contributed by atoms with Gasteiger partial charge in [0.1, 0.15) is 11.8 Å². The quantitative estimate of drug-likeness (QED) is 0.775. The van der Waals surface area contributed by atoms with Gasteiger partial charge >= 0.3 is 0 Å². The van der Waals surface area contributed by atoms with Crippen molar-refractivity contribution in [3.8, 4) is 5.75 Å². The molecule has 0 saturated carbocycles. The van der Waals surface area contributed by atoms with Gasteiger partial charge < -0.3 is 14.5 Å². The van der Waals surface area contributed by atoms with Crippen molar-refractivity contribution in [1.82, 2.24) is 15.1 Å². The second-order valence-corrected chi connectivity index (χ2v) is 7.41. The molecule has 2 saturated heterocycles. The van der Waals surface area contributed by atoms with E-state index in [4.69, 9.17) is 4.74 Å². The van der Waals surface area contributed by atoms with Gasteiger partial charge in [0.25, 0.3) is 11.8 Å². The zero-order valence-corrected chi connectivity index (χ0v) is 15.6. The Morgan fingerprint density at radius 2 is 1.93 bits per heavy atom. The van der Waals surface area contributed by atoms with E-state index in [0.29, 0.717) is 23.3 Å². The van der Waals surface area contributed by atoms with Gasteiger partial charge in [-0.15, -0.1) is 0 Å². The second-order valence-electron chi connectivity index (χ2n) is 7.41. The van der Waals surface area contributed by atoms with E-state index >= 15 is 0 Å². The molecule has 1 aromatic carbocycles. The van der Waals surface area contributed by atoms with E-state index in [9.17, 15) is 19.2 Å². The minimum atomic E-state index is -0.666. The number of nitrogens with one attached hydrogen (secondary N) is 1. The van der Waals surface area contributed by atoms with E-state index in [1.807, 2.05) is 4.90 Å². The molecule has 0 bridgehead atoms. The summed E-state index contributed by atoms with van der Waals surface area (Å²) in [6.07, 6.45) is 3.71. The van der Waals surface area contributed by atoms with Gasteiger partial charge in [-0.05, 0) is 37.8 Å². The van der Waals surface area contributed by atoms with Crippen LogP contribution >= 0.6 is 0 Å². The number of imide groups is 1. The van der Waals surface area contributed by atoms with Crippen LogP contribution in [-0.4, -0.2) is 59.2 Å². The first-order valence-corrected chi connectivity index (χ1v) is 9.71. The van der Waals surface area contributed by atoms with E-state index in [1.54, 1.807) is 18.2 Å². The fraction of sp³-hybridized carbons (Fsp3) is 0.500. The average molecular weight is 385 g/mol. The standard InChI is InChI=1S/C20H23N3O5/c24-17-8-7-15(19(26)21-17)23-11-14-13(20(23)27)5-4-6-16(14)28-12-18(25)22-9-2-1-3-10-22/h4-6,15H,1-3,7-12H2,(H,21,24,26). The molecule has 8 nitrogen and oxygen atoms in total. The molecule has 3 heterocycles. The Labute approximate surface area is 162 Å². The number of benzene rings is 1. The van der Waals surface area contributed by atoms with Gasteiger partial charge in [0.2, 0.25) is 11.8 Å². The van der Waals surface area contributed by atoms with Crippen LogP contribution in [0.25, 0.3) is 0 Å². The van der Waals surface area contributed by atoms with Crippen molar-refractivity contribution in [1.29, 1.82) is 0 Å². The molecule has 148 valence electrons. The SMILES string of the molecule is O=C1CCC(N2Cc3c(OCC(=O)N4CCCCC4)cccc3C2=O)C(=O)N1. The molecule has 1 N–H and O–H groups in total. The van der Waals surface area contributed by atoms with E-state index in [-0.39, 0.29) is 37.3 Å². The number of carbonyl (C=O) groups is 4. The van der Waals surface area contributed by atoms with Crippen LogP contribution in [0.3, 0.4) is 0 Å². The maximum Gasteiger partial charge on any atom is 0.260 e. The molecule has 3 aliphatic rings. The minimum Gasteiger partial charge on any atom is -0.483 e. The lowest BCUT2D eigenvalue weighted by Gasteiger charge is -2.29. The van der Waals surface area contributed by atoms with Gasteiger partial charge in [-0.2, -0.15) is 0 Å². The number of hydrogen-bond acceptors (Lipinski definition) is 5. The third-order valence-electron chi connectivity index (χ3n) is 5.60. The molecule has 4 rings (SSSR count). The maximum atomic E-state index is 12.8. The fourth-order valence-electron chi connectivity index (χ4n) is 4.07. The molecule has 1 atom stereocenters. The average Bonchev–Trinajstić information content (AvgIpc) is 3.04. The number of fused-ring (bicyclic) bond motifs is 1. The van der Waals surface area contributed by atoms with Crippen LogP contribution in [0, 0.1) is 0 Å². The van der Waals surface area contributed by atoms with Gasteiger partial charge in [-0.1, -0.05) is 6.07 Å². The van der Waals surface area contributed by atoms with Gasteiger partial charge in [0, 0.05) is 30.6 Å². The van der Waals surface area contributed by atoms with Crippen LogP contribution in [0.4, 0.5) is 0 Å². The van der Waals surface area contributed by atoms with Gasteiger partial charge in [0.15, 0.2) is 6.61 Å². The Bertz CT molecular complexity index is 831. The second kappa shape index (κ2) is 7.61. The summed E-state index contributed by atoms with van der Waals surface area (Å²) in [5.41, 5.74) is 1.16. The first kappa shape index (κ1) is 18.5. The molecule has 0 aliphatic carbocycles. The summed E-state index contributed by atoms with van der Waals surface area (Å²) >= 11 is 0. The van der Waals surface area contributed by atoms with Crippen molar-refractivity contribution in [2.75, 3.05) is 19.7 Å². The number of hydrogen-bond donors (Lipinski definition) is 1. The molecule has 0 radical (unpaired) electrons. The molecule has 0 spiro atoms.